The number of nitriles is 1. The lowest BCUT2D eigenvalue weighted by atomic mass is 10.1. The summed E-state index contributed by atoms with van der Waals surface area (Å²) in [5, 5.41) is 16.2. The van der Waals surface area contributed by atoms with E-state index in [1.165, 1.54) is 0 Å². The second-order valence-corrected chi connectivity index (χ2v) is 8.51. The number of aromatic nitrogens is 2. The van der Waals surface area contributed by atoms with E-state index in [1.54, 1.807) is 13.3 Å². The number of para-hydroxylation sites is 2. The highest BCUT2D eigenvalue weighted by atomic mass is 16.5. The second kappa shape index (κ2) is 11.6. The molecule has 0 radical (unpaired) electrons. The van der Waals surface area contributed by atoms with Gasteiger partial charge in [0.25, 0.3) is 0 Å². The molecule has 1 saturated heterocycles. The number of nitrogens with one attached hydrogen (secondary N) is 2. The normalized spacial score (nSPS) is 16.7. The van der Waals surface area contributed by atoms with Crippen LogP contribution in [0.15, 0.2) is 36.3 Å². The van der Waals surface area contributed by atoms with Gasteiger partial charge in [-0.25, -0.2) is 9.97 Å². The molecule has 0 saturated carbocycles. The molecule has 0 atom stereocenters. The maximum absolute atomic E-state index is 12.6. The standard InChI is InChI=1S/C25H31N7O3/c1-18-17-28-25(27-9-5-8-22(33)32-12-10-31(11-13-32)14-15-34-2)30-23(18)19(16-26)24-29-20-6-3-4-7-21(20)35-24/h3-4,6-7,17,29H,5,8-15H2,1-2H3,(H,27,28,30)/b24-19-. The lowest BCUT2D eigenvalue weighted by Crippen LogP contribution is -2.49. The van der Waals surface area contributed by atoms with Crippen LogP contribution in [0.1, 0.15) is 24.1 Å². The summed E-state index contributed by atoms with van der Waals surface area (Å²) in [6, 6.07) is 9.71. The number of anilines is 2. The first kappa shape index (κ1) is 24.4. The number of ether oxygens (including phenoxy) is 2. The number of allylic oxidation sites excluding steroid dienone is 1. The van der Waals surface area contributed by atoms with E-state index < -0.39 is 0 Å². The van der Waals surface area contributed by atoms with Crippen molar-refractivity contribution < 1.29 is 14.3 Å². The number of rotatable bonds is 9. The molecule has 0 bridgehead atoms. The predicted octanol–water partition coefficient (Wildman–Crippen LogP) is 2.46. The zero-order valence-corrected chi connectivity index (χ0v) is 20.2. The van der Waals surface area contributed by atoms with Crippen LogP contribution in [0.3, 0.4) is 0 Å². The molecular formula is C25H31N7O3. The number of hydrogen-bond donors (Lipinski definition) is 2. The molecule has 2 aromatic rings. The maximum Gasteiger partial charge on any atom is 0.223 e. The zero-order valence-electron chi connectivity index (χ0n) is 20.2. The van der Waals surface area contributed by atoms with Crippen LogP contribution >= 0.6 is 0 Å². The fourth-order valence-corrected chi connectivity index (χ4v) is 4.06. The molecule has 2 aliphatic rings. The van der Waals surface area contributed by atoms with Gasteiger partial charge in [-0.05, 0) is 31.0 Å². The summed E-state index contributed by atoms with van der Waals surface area (Å²) in [4.78, 5) is 25.7. The fraction of sp³-hybridized carbons (Fsp3) is 0.440. The van der Waals surface area contributed by atoms with Crippen molar-refractivity contribution in [1.29, 1.82) is 5.26 Å². The highest BCUT2D eigenvalue weighted by Crippen LogP contribution is 2.35. The van der Waals surface area contributed by atoms with Crippen molar-refractivity contribution in [2.45, 2.75) is 19.8 Å². The van der Waals surface area contributed by atoms with Gasteiger partial charge in [0.15, 0.2) is 5.75 Å². The Hall–Kier alpha value is -3.68. The van der Waals surface area contributed by atoms with E-state index in [2.05, 4.69) is 31.6 Å². The highest BCUT2D eigenvalue weighted by molar-refractivity contribution is 5.83. The third-order valence-corrected chi connectivity index (χ3v) is 6.08. The van der Waals surface area contributed by atoms with Crippen LogP contribution in [0.2, 0.25) is 0 Å². The largest absolute Gasteiger partial charge is 0.437 e. The number of aryl methyl sites for hydroxylation is 1. The molecule has 3 heterocycles. The number of amides is 1. The van der Waals surface area contributed by atoms with E-state index in [0.717, 1.165) is 44.0 Å². The topological polar surface area (TPSA) is 116 Å². The molecule has 0 spiro atoms. The number of nitrogens with zero attached hydrogens (tertiary/aromatic N) is 5. The van der Waals surface area contributed by atoms with E-state index in [9.17, 15) is 10.1 Å². The Balaban J connectivity index is 1.29. The summed E-state index contributed by atoms with van der Waals surface area (Å²) in [6.45, 7) is 7.31. The molecule has 35 heavy (non-hydrogen) atoms. The summed E-state index contributed by atoms with van der Waals surface area (Å²) in [7, 11) is 1.70. The third-order valence-electron chi connectivity index (χ3n) is 6.08. The minimum Gasteiger partial charge on any atom is -0.437 e. The number of methoxy groups -OCH3 is 1. The Kier molecular flexibility index (Phi) is 8.13. The van der Waals surface area contributed by atoms with Crippen molar-refractivity contribution in [2.24, 2.45) is 0 Å². The van der Waals surface area contributed by atoms with E-state index >= 15 is 0 Å². The molecule has 1 fully saturated rings. The van der Waals surface area contributed by atoms with Crippen molar-refractivity contribution in [1.82, 2.24) is 19.8 Å². The monoisotopic (exact) mass is 477 g/mol. The van der Waals surface area contributed by atoms with Gasteiger partial charge in [0, 0.05) is 59.0 Å². The molecule has 2 aliphatic heterocycles. The van der Waals surface area contributed by atoms with Crippen LogP contribution < -0.4 is 15.4 Å². The molecule has 2 N–H and O–H groups in total. The van der Waals surface area contributed by atoms with Crippen molar-refractivity contribution in [3.63, 3.8) is 0 Å². The number of fused-ring (bicyclic) bond motifs is 1. The Bertz CT molecular complexity index is 1090. The van der Waals surface area contributed by atoms with Gasteiger partial charge in [-0.1, -0.05) is 12.1 Å². The molecule has 1 aromatic heterocycles. The first-order chi connectivity index (χ1) is 17.1. The van der Waals surface area contributed by atoms with Gasteiger partial charge in [0.05, 0.1) is 18.0 Å². The van der Waals surface area contributed by atoms with Crippen LogP contribution in [0.25, 0.3) is 5.57 Å². The average molecular weight is 478 g/mol. The first-order valence-electron chi connectivity index (χ1n) is 11.8. The molecule has 10 heteroatoms. The SMILES string of the molecule is COCCN1CCN(C(=O)CCCNc2ncc(C)c(/C(C#N)=C3/Nc4ccccc4O3)n2)CC1. The van der Waals surface area contributed by atoms with Gasteiger partial charge in [-0.3, -0.25) is 9.69 Å². The van der Waals surface area contributed by atoms with E-state index in [-0.39, 0.29) is 5.91 Å². The van der Waals surface area contributed by atoms with Crippen molar-refractivity contribution in [3.05, 3.63) is 47.6 Å². The summed E-state index contributed by atoms with van der Waals surface area (Å²) >= 11 is 0. The van der Waals surface area contributed by atoms with Gasteiger partial charge in [0.1, 0.15) is 11.6 Å². The Morgan fingerprint density at radius 2 is 2.09 bits per heavy atom. The lowest BCUT2D eigenvalue weighted by molar-refractivity contribution is -0.133. The fourth-order valence-electron chi connectivity index (χ4n) is 4.06. The number of carbonyl (C=O) groups excluding carboxylic acids is 1. The maximum atomic E-state index is 12.6. The second-order valence-electron chi connectivity index (χ2n) is 8.51. The molecule has 1 amide bonds. The first-order valence-corrected chi connectivity index (χ1v) is 11.8. The van der Waals surface area contributed by atoms with Crippen LogP contribution in [0, 0.1) is 18.3 Å². The molecule has 1 aromatic carbocycles. The number of carbonyl (C=O) groups is 1. The molecule has 0 aliphatic carbocycles. The number of piperazine rings is 1. The Morgan fingerprint density at radius 1 is 1.29 bits per heavy atom. The van der Waals surface area contributed by atoms with E-state index in [0.29, 0.717) is 54.8 Å². The third kappa shape index (κ3) is 6.07. The van der Waals surface area contributed by atoms with Crippen molar-refractivity contribution in [3.8, 4) is 11.8 Å². The summed E-state index contributed by atoms with van der Waals surface area (Å²) in [5.74, 6) is 1.61. The smallest absolute Gasteiger partial charge is 0.223 e. The Morgan fingerprint density at radius 3 is 2.83 bits per heavy atom. The average Bonchev–Trinajstić information content (AvgIpc) is 3.31. The summed E-state index contributed by atoms with van der Waals surface area (Å²) < 4.78 is 11.0. The van der Waals surface area contributed by atoms with Crippen molar-refractivity contribution >= 4 is 23.1 Å². The van der Waals surface area contributed by atoms with E-state index in [1.807, 2.05) is 36.1 Å². The molecule has 0 unspecified atom stereocenters. The van der Waals surface area contributed by atoms with Crippen LogP contribution in [0.5, 0.6) is 5.75 Å². The minimum atomic E-state index is 0.171. The summed E-state index contributed by atoms with van der Waals surface area (Å²) in [5.41, 5.74) is 2.38. The van der Waals surface area contributed by atoms with Gasteiger partial charge in [0.2, 0.25) is 17.7 Å². The number of hydrogen-bond acceptors (Lipinski definition) is 9. The van der Waals surface area contributed by atoms with Crippen LogP contribution in [0.4, 0.5) is 11.6 Å². The van der Waals surface area contributed by atoms with Crippen LogP contribution in [-0.4, -0.2) is 78.7 Å². The lowest BCUT2D eigenvalue weighted by Gasteiger charge is -2.34. The van der Waals surface area contributed by atoms with Crippen molar-refractivity contribution in [2.75, 3.05) is 63.6 Å². The zero-order chi connectivity index (χ0) is 24.6. The molecular weight excluding hydrogens is 446 g/mol. The van der Waals surface area contributed by atoms with Gasteiger partial charge < -0.3 is 25.0 Å². The molecule has 4 rings (SSSR count). The highest BCUT2D eigenvalue weighted by Gasteiger charge is 2.23. The summed E-state index contributed by atoms with van der Waals surface area (Å²) in [6.07, 6.45) is 2.81. The van der Waals surface area contributed by atoms with Gasteiger partial charge >= 0.3 is 0 Å². The van der Waals surface area contributed by atoms with Gasteiger partial charge in [-0.2, -0.15) is 5.26 Å². The molecule has 184 valence electrons. The number of benzene rings is 1. The molecule has 10 nitrogen and oxygen atoms in total. The van der Waals surface area contributed by atoms with Crippen LogP contribution in [-0.2, 0) is 9.53 Å². The Labute approximate surface area is 205 Å². The quantitative estimate of drug-likeness (QED) is 0.415. The minimum absolute atomic E-state index is 0.171. The van der Waals surface area contributed by atoms with Gasteiger partial charge in [-0.15, -0.1) is 0 Å². The van der Waals surface area contributed by atoms with E-state index in [4.69, 9.17) is 9.47 Å². The predicted molar refractivity (Wildman–Crippen MR) is 133 cm³/mol.